The van der Waals surface area contributed by atoms with Crippen LogP contribution in [0.3, 0.4) is 0 Å². The first-order chi connectivity index (χ1) is 19.8. The van der Waals surface area contributed by atoms with Gasteiger partial charge in [0.25, 0.3) is 0 Å². The number of pyridine rings is 1. The SMILES string of the molecule is CCCCN(CCCC)c1ccc(/C=C/c2cc[n+](CCCCCCCCCCCCCSSCC)cc2)cc1. The van der Waals surface area contributed by atoms with Gasteiger partial charge in [-0.1, -0.05) is 131 Å². The van der Waals surface area contributed by atoms with E-state index < -0.39 is 0 Å². The molecule has 0 fully saturated rings. The van der Waals surface area contributed by atoms with Gasteiger partial charge in [-0.25, -0.2) is 4.57 Å². The number of unbranched alkanes of at least 4 members (excludes halogenated alkanes) is 12. The van der Waals surface area contributed by atoms with Crippen LogP contribution in [0.25, 0.3) is 12.2 Å². The van der Waals surface area contributed by atoms with Crippen LogP contribution >= 0.6 is 21.6 Å². The summed E-state index contributed by atoms with van der Waals surface area (Å²) in [6.45, 7) is 10.2. The summed E-state index contributed by atoms with van der Waals surface area (Å²) in [7, 11) is 4.06. The number of rotatable bonds is 25. The Labute approximate surface area is 256 Å². The summed E-state index contributed by atoms with van der Waals surface area (Å²) >= 11 is 0. The Hall–Kier alpha value is -1.39. The summed E-state index contributed by atoms with van der Waals surface area (Å²) in [5.74, 6) is 2.58. The van der Waals surface area contributed by atoms with Crippen LogP contribution in [-0.2, 0) is 6.54 Å². The molecule has 40 heavy (non-hydrogen) atoms. The van der Waals surface area contributed by atoms with Crippen LogP contribution in [0.4, 0.5) is 5.69 Å². The zero-order valence-corrected chi connectivity index (χ0v) is 27.8. The van der Waals surface area contributed by atoms with Crippen molar-refractivity contribution in [2.24, 2.45) is 0 Å². The molecule has 0 unspecified atom stereocenters. The first-order valence-electron chi connectivity index (χ1n) is 16.5. The van der Waals surface area contributed by atoms with Crippen molar-refractivity contribution in [3.05, 3.63) is 59.9 Å². The number of hydrogen-bond acceptors (Lipinski definition) is 3. The number of aryl methyl sites for hydroxylation is 1. The summed E-state index contributed by atoms with van der Waals surface area (Å²) in [4.78, 5) is 2.55. The first-order valence-corrected chi connectivity index (χ1v) is 19.0. The average Bonchev–Trinajstić information content (AvgIpc) is 2.99. The highest BCUT2D eigenvalue weighted by Crippen LogP contribution is 2.22. The van der Waals surface area contributed by atoms with E-state index >= 15 is 0 Å². The van der Waals surface area contributed by atoms with Gasteiger partial charge in [-0.2, -0.15) is 0 Å². The van der Waals surface area contributed by atoms with E-state index in [1.807, 2.05) is 21.6 Å². The van der Waals surface area contributed by atoms with Gasteiger partial charge in [0.1, 0.15) is 6.54 Å². The third kappa shape index (κ3) is 16.8. The third-order valence-electron chi connectivity index (χ3n) is 7.55. The molecule has 2 nitrogen and oxygen atoms in total. The van der Waals surface area contributed by atoms with Crippen molar-refractivity contribution < 1.29 is 4.57 Å². The monoisotopic (exact) mass is 583 g/mol. The van der Waals surface area contributed by atoms with Crippen LogP contribution in [0, 0.1) is 0 Å². The molecular weight excluding hydrogens is 525 g/mol. The molecule has 2 aromatic rings. The molecule has 0 aliphatic heterocycles. The van der Waals surface area contributed by atoms with Gasteiger partial charge in [0.15, 0.2) is 12.4 Å². The molecule has 1 aromatic heterocycles. The quantitative estimate of drug-likeness (QED) is 0.0652. The van der Waals surface area contributed by atoms with Crippen LogP contribution in [0.2, 0.25) is 0 Å². The van der Waals surface area contributed by atoms with Crippen LogP contribution in [0.1, 0.15) is 128 Å². The van der Waals surface area contributed by atoms with Crippen molar-refractivity contribution in [2.45, 2.75) is 124 Å². The minimum Gasteiger partial charge on any atom is -0.372 e. The lowest BCUT2D eigenvalue weighted by Crippen LogP contribution is -2.32. The Balaban J connectivity index is 1.56. The second-order valence-corrected chi connectivity index (χ2v) is 14.0. The van der Waals surface area contributed by atoms with Gasteiger partial charge < -0.3 is 4.90 Å². The fourth-order valence-electron chi connectivity index (χ4n) is 4.97. The minimum atomic E-state index is 1.13. The maximum atomic E-state index is 2.55. The molecule has 0 spiro atoms. The van der Waals surface area contributed by atoms with E-state index in [1.165, 1.54) is 125 Å². The van der Waals surface area contributed by atoms with Crippen LogP contribution in [0.15, 0.2) is 48.8 Å². The lowest BCUT2D eigenvalue weighted by atomic mass is 10.1. The van der Waals surface area contributed by atoms with E-state index in [2.05, 4.69) is 91.2 Å². The Bertz CT molecular complexity index is 855. The van der Waals surface area contributed by atoms with E-state index in [0.29, 0.717) is 0 Å². The number of anilines is 1. The van der Waals surface area contributed by atoms with E-state index in [-0.39, 0.29) is 0 Å². The minimum absolute atomic E-state index is 1.13. The maximum absolute atomic E-state index is 2.55. The summed E-state index contributed by atoms with van der Waals surface area (Å²) in [5, 5.41) is 0. The van der Waals surface area contributed by atoms with E-state index in [9.17, 15) is 0 Å². The molecule has 0 atom stereocenters. The van der Waals surface area contributed by atoms with E-state index in [4.69, 9.17) is 0 Å². The van der Waals surface area contributed by atoms with Gasteiger partial charge in [-0.05, 0) is 48.9 Å². The standard InChI is InChI=1S/C36H59N2S2/c1-4-7-29-38(30-8-5-2)36-24-22-34(23-25-36)20-21-35-26-31-37(32-27-35)28-18-16-14-12-10-9-11-13-15-17-19-33-40-39-6-3/h20-27,31-32H,4-19,28-30,33H2,1-3H3/q+1. The Morgan fingerprint density at radius 3 is 1.60 bits per heavy atom. The number of aromatic nitrogens is 1. The van der Waals surface area contributed by atoms with Gasteiger partial charge in [0.05, 0.1) is 0 Å². The maximum Gasteiger partial charge on any atom is 0.169 e. The smallest absolute Gasteiger partial charge is 0.169 e. The fourth-order valence-corrected chi connectivity index (χ4v) is 6.79. The zero-order chi connectivity index (χ0) is 28.5. The van der Waals surface area contributed by atoms with Crippen LogP contribution in [0.5, 0.6) is 0 Å². The van der Waals surface area contributed by atoms with E-state index in [0.717, 1.165) is 19.6 Å². The lowest BCUT2D eigenvalue weighted by Gasteiger charge is -2.24. The van der Waals surface area contributed by atoms with Crippen molar-refractivity contribution in [3.8, 4) is 0 Å². The Morgan fingerprint density at radius 2 is 1.07 bits per heavy atom. The predicted molar refractivity (Wildman–Crippen MR) is 185 cm³/mol. The predicted octanol–water partition coefficient (Wildman–Crippen LogP) is 11.2. The molecular formula is C36H59N2S2+. The molecule has 0 bridgehead atoms. The van der Waals surface area contributed by atoms with Gasteiger partial charge in [0.2, 0.25) is 0 Å². The van der Waals surface area contributed by atoms with Crippen molar-refractivity contribution in [1.82, 2.24) is 0 Å². The molecule has 1 aromatic carbocycles. The van der Waals surface area contributed by atoms with Crippen molar-refractivity contribution >= 4 is 39.4 Å². The highest BCUT2D eigenvalue weighted by atomic mass is 33.1. The third-order valence-corrected chi connectivity index (χ3v) is 10.1. The van der Waals surface area contributed by atoms with Gasteiger partial charge in [-0.3, -0.25) is 0 Å². The van der Waals surface area contributed by atoms with Gasteiger partial charge >= 0.3 is 0 Å². The zero-order valence-electron chi connectivity index (χ0n) is 26.1. The Morgan fingerprint density at radius 1 is 0.575 bits per heavy atom. The lowest BCUT2D eigenvalue weighted by molar-refractivity contribution is -0.697. The van der Waals surface area contributed by atoms with Crippen molar-refractivity contribution in [1.29, 1.82) is 0 Å². The van der Waals surface area contributed by atoms with Crippen LogP contribution in [-0.4, -0.2) is 24.6 Å². The topological polar surface area (TPSA) is 7.12 Å². The summed E-state index contributed by atoms with van der Waals surface area (Å²) in [6.07, 6.45) is 29.4. The molecule has 224 valence electrons. The normalized spacial score (nSPS) is 11.5. The highest BCUT2D eigenvalue weighted by Gasteiger charge is 2.05. The summed E-state index contributed by atoms with van der Waals surface area (Å²) in [6, 6.07) is 13.6. The fraction of sp³-hybridized carbons (Fsp3) is 0.639. The molecule has 0 aliphatic rings. The first kappa shape index (κ1) is 34.8. The van der Waals surface area contributed by atoms with Crippen LogP contribution < -0.4 is 9.47 Å². The molecule has 0 radical (unpaired) electrons. The average molecular weight is 584 g/mol. The van der Waals surface area contributed by atoms with Crippen molar-refractivity contribution in [3.63, 3.8) is 0 Å². The Kier molecular flexibility index (Phi) is 21.1. The molecule has 0 amide bonds. The molecule has 2 rings (SSSR count). The molecule has 1 heterocycles. The largest absolute Gasteiger partial charge is 0.372 e. The molecule has 0 N–H and O–H groups in total. The van der Waals surface area contributed by atoms with E-state index in [1.54, 1.807) is 0 Å². The molecule has 4 heteroatoms. The number of nitrogens with zero attached hydrogens (tertiary/aromatic N) is 2. The molecule has 0 saturated carbocycles. The summed E-state index contributed by atoms with van der Waals surface area (Å²) < 4.78 is 2.34. The van der Waals surface area contributed by atoms with Crippen molar-refractivity contribution in [2.75, 3.05) is 29.5 Å². The second kappa shape index (κ2) is 24.2. The summed E-state index contributed by atoms with van der Waals surface area (Å²) in [5.41, 5.74) is 3.89. The van der Waals surface area contributed by atoms with Gasteiger partial charge in [0, 0.05) is 48.8 Å². The molecule has 0 saturated heterocycles. The second-order valence-electron chi connectivity index (χ2n) is 11.1. The number of hydrogen-bond donors (Lipinski definition) is 0. The molecule has 0 aliphatic carbocycles. The highest BCUT2D eigenvalue weighted by molar-refractivity contribution is 8.76. The van der Waals surface area contributed by atoms with Gasteiger partial charge in [-0.15, -0.1) is 0 Å². The number of benzene rings is 1.